The molecule has 90 valence electrons. The molecule has 0 fully saturated rings. The van der Waals surface area contributed by atoms with E-state index in [-0.39, 0.29) is 47.6 Å². The van der Waals surface area contributed by atoms with Crippen LogP contribution >= 0.6 is 0 Å². The molecule has 5 heteroatoms. The van der Waals surface area contributed by atoms with E-state index < -0.39 is 0 Å². The standard InChI is InChI=1S/2C4H10S.2Cu.S/c2*1-2-3-4-5;;;/h2*5H,2-4H2,1H3;;;/q;;2*+2;-2/p-2. The second-order valence-corrected chi connectivity index (χ2v) is 2.93. The maximum Gasteiger partial charge on any atom is 2.00 e. The predicted molar refractivity (Wildman–Crippen MR) is 61.6 cm³/mol. The Balaban J connectivity index is -0.0000000267. The van der Waals surface area contributed by atoms with Gasteiger partial charge in [0.25, 0.3) is 0 Å². The molecule has 0 aromatic carbocycles. The molecular formula is C8H18Cu2S3. The second kappa shape index (κ2) is 36.9. The zero-order valence-corrected chi connectivity index (χ0v) is 12.4. The Morgan fingerprint density at radius 1 is 0.769 bits per heavy atom. The van der Waals surface area contributed by atoms with Crippen molar-refractivity contribution < 1.29 is 34.1 Å². The minimum Gasteiger partial charge on any atom is -2.00 e. The van der Waals surface area contributed by atoms with Crippen LogP contribution in [0.3, 0.4) is 0 Å². The molecule has 0 aliphatic heterocycles. The van der Waals surface area contributed by atoms with Crippen LogP contribution in [0, 0.1) is 0 Å². The molecule has 0 heterocycles. The minimum absolute atomic E-state index is 0. The van der Waals surface area contributed by atoms with E-state index in [4.69, 9.17) is 0 Å². The van der Waals surface area contributed by atoms with Gasteiger partial charge < -0.3 is 38.8 Å². The molecule has 0 rings (SSSR count). The van der Waals surface area contributed by atoms with Crippen molar-refractivity contribution in [2.24, 2.45) is 0 Å². The van der Waals surface area contributed by atoms with Crippen molar-refractivity contribution in [1.82, 2.24) is 0 Å². The Kier molecular flexibility index (Phi) is 83.5. The van der Waals surface area contributed by atoms with Gasteiger partial charge in [-0.25, -0.2) is 0 Å². The summed E-state index contributed by atoms with van der Waals surface area (Å²) in [4.78, 5) is 0. The Hall–Kier alpha value is 2.09. The molecule has 0 aliphatic rings. The Labute approximate surface area is 123 Å². The molecular weight excluding hydrogens is 319 g/mol. The number of unbranched alkanes of at least 4 members (excludes halogenated alkanes) is 2. The monoisotopic (exact) mass is 336 g/mol. The molecule has 0 aromatic rings. The third kappa shape index (κ3) is 55.5. The van der Waals surface area contributed by atoms with E-state index in [1.807, 2.05) is 0 Å². The van der Waals surface area contributed by atoms with Gasteiger partial charge in [-0.3, -0.25) is 0 Å². The molecule has 0 aromatic heterocycles. The number of hydrogen-bond acceptors (Lipinski definition) is 2. The van der Waals surface area contributed by atoms with Crippen molar-refractivity contribution in [1.29, 1.82) is 0 Å². The van der Waals surface area contributed by atoms with Crippen LogP contribution in [0.15, 0.2) is 0 Å². The molecule has 0 spiro atoms. The summed E-state index contributed by atoms with van der Waals surface area (Å²) in [7, 11) is 0. The molecule has 0 saturated carbocycles. The van der Waals surface area contributed by atoms with E-state index in [1.165, 1.54) is 25.7 Å². The molecule has 0 amide bonds. The smallest absolute Gasteiger partial charge is 2.00 e. The van der Waals surface area contributed by atoms with Crippen LogP contribution in [0.4, 0.5) is 0 Å². The molecule has 0 N–H and O–H groups in total. The third-order valence-electron chi connectivity index (χ3n) is 0.996. The zero-order chi connectivity index (χ0) is 8.24. The quantitative estimate of drug-likeness (QED) is 0.571. The fourth-order valence-corrected chi connectivity index (χ4v) is 0.866. The first-order valence-corrected chi connectivity index (χ1v) is 5.15. The summed E-state index contributed by atoms with van der Waals surface area (Å²) in [6.45, 7) is 4.29. The Morgan fingerprint density at radius 3 is 1.00 bits per heavy atom. The molecule has 2 radical (unpaired) electrons. The van der Waals surface area contributed by atoms with Gasteiger partial charge in [-0.1, -0.05) is 39.5 Å². The fourth-order valence-electron chi connectivity index (χ4n) is 0.289. The van der Waals surface area contributed by atoms with Crippen LogP contribution in [0.1, 0.15) is 39.5 Å². The van der Waals surface area contributed by atoms with E-state index in [2.05, 4.69) is 39.1 Å². The average Bonchev–Trinajstić information content (AvgIpc) is 1.93. The topological polar surface area (TPSA) is 0 Å². The minimum atomic E-state index is 0. The van der Waals surface area contributed by atoms with Gasteiger partial charge in [-0.15, -0.1) is 0 Å². The van der Waals surface area contributed by atoms with Gasteiger partial charge in [0.05, 0.1) is 0 Å². The van der Waals surface area contributed by atoms with Gasteiger partial charge in [-0.2, -0.15) is 11.5 Å². The second-order valence-electron chi connectivity index (χ2n) is 2.12. The summed E-state index contributed by atoms with van der Waals surface area (Å²) in [6.07, 6.45) is 4.89. The molecule has 0 bridgehead atoms. The van der Waals surface area contributed by atoms with Gasteiger partial charge in [0.15, 0.2) is 0 Å². The Bertz CT molecular complexity index is 38.4. The van der Waals surface area contributed by atoms with E-state index in [0.29, 0.717) is 0 Å². The Morgan fingerprint density at radius 2 is 1.00 bits per heavy atom. The molecule has 0 atom stereocenters. The van der Waals surface area contributed by atoms with Crippen LogP contribution in [-0.2, 0) is 72.9 Å². The molecule has 0 nitrogen and oxygen atoms in total. The van der Waals surface area contributed by atoms with Crippen LogP contribution in [0.2, 0.25) is 0 Å². The van der Waals surface area contributed by atoms with Crippen LogP contribution in [0.5, 0.6) is 0 Å². The van der Waals surface area contributed by atoms with Crippen molar-refractivity contribution in [3.8, 4) is 0 Å². The van der Waals surface area contributed by atoms with Gasteiger partial charge in [0, 0.05) is 0 Å². The van der Waals surface area contributed by atoms with Gasteiger partial charge >= 0.3 is 34.1 Å². The van der Waals surface area contributed by atoms with Crippen LogP contribution < -0.4 is 0 Å². The van der Waals surface area contributed by atoms with Crippen molar-refractivity contribution >= 4 is 38.8 Å². The van der Waals surface area contributed by atoms with Crippen molar-refractivity contribution in [2.45, 2.75) is 39.5 Å². The number of rotatable bonds is 4. The van der Waals surface area contributed by atoms with Crippen molar-refractivity contribution in [2.75, 3.05) is 11.5 Å². The van der Waals surface area contributed by atoms with Crippen LogP contribution in [-0.4, -0.2) is 11.5 Å². The summed E-state index contributed by atoms with van der Waals surface area (Å²) in [5, 5.41) is 0. The van der Waals surface area contributed by atoms with Gasteiger partial charge in [0.2, 0.25) is 0 Å². The summed E-state index contributed by atoms with van der Waals surface area (Å²) in [5.41, 5.74) is 0. The van der Waals surface area contributed by atoms with Crippen molar-refractivity contribution in [3.63, 3.8) is 0 Å². The summed E-state index contributed by atoms with van der Waals surface area (Å²) in [5.74, 6) is 1.85. The van der Waals surface area contributed by atoms with Crippen LogP contribution in [0.25, 0.3) is 0 Å². The average molecular weight is 338 g/mol. The van der Waals surface area contributed by atoms with E-state index in [1.54, 1.807) is 0 Å². The van der Waals surface area contributed by atoms with E-state index in [9.17, 15) is 0 Å². The number of hydrogen-bond donors (Lipinski definition) is 0. The summed E-state index contributed by atoms with van der Waals surface area (Å²) >= 11 is 9.30. The SMILES string of the molecule is CCCC[S-].CCCC[S-].[Cu+2].[Cu+2].[S-2]. The predicted octanol–water partition coefficient (Wildman–Crippen LogP) is 2.66. The van der Waals surface area contributed by atoms with E-state index in [0.717, 1.165) is 11.5 Å². The maximum absolute atomic E-state index is 4.65. The fraction of sp³-hybridized carbons (Fsp3) is 1.00. The zero-order valence-electron chi connectivity index (χ0n) is 8.07. The normalized spacial score (nSPS) is 6.46. The first kappa shape index (κ1) is 29.4. The third-order valence-corrected chi connectivity index (χ3v) is 1.57. The van der Waals surface area contributed by atoms with Crippen molar-refractivity contribution in [3.05, 3.63) is 0 Å². The molecule has 0 aliphatic carbocycles. The molecule has 13 heavy (non-hydrogen) atoms. The molecule has 0 unspecified atom stereocenters. The largest absolute Gasteiger partial charge is 2.00 e. The first-order chi connectivity index (χ1) is 4.83. The van der Waals surface area contributed by atoms with Gasteiger partial charge in [0.1, 0.15) is 0 Å². The van der Waals surface area contributed by atoms with Gasteiger partial charge in [-0.05, 0) is 0 Å². The molecule has 0 saturated heterocycles. The summed E-state index contributed by atoms with van der Waals surface area (Å²) < 4.78 is 0. The summed E-state index contributed by atoms with van der Waals surface area (Å²) in [6, 6.07) is 0. The maximum atomic E-state index is 4.65. The first-order valence-electron chi connectivity index (χ1n) is 3.99. The van der Waals surface area contributed by atoms with E-state index >= 15 is 0 Å².